The van der Waals surface area contributed by atoms with E-state index in [0.29, 0.717) is 17.4 Å². The van der Waals surface area contributed by atoms with Gasteiger partial charge in [0, 0.05) is 42.2 Å². The summed E-state index contributed by atoms with van der Waals surface area (Å²) in [7, 11) is 0. The highest BCUT2D eigenvalue weighted by Gasteiger charge is 2.15. The first-order valence-electron chi connectivity index (χ1n) is 15.8. The molecule has 230 valence electrons. The summed E-state index contributed by atoms with van der Waals surface area (Å²) in [6.45, 7) is 8.35. The molecule has 0 spiro atoms. The van der Waals surface area contributed by atoms with Crippen molar-refractivity contribution in [2.45, 2.75) is 59.9 Å². The zero-order valence-corrected chi connectivity index (χ0v) is 26.6. The summed E-state index contributed by atoms with van der Waals surface area (Å²) in [6, 6.07) is 28.5. The maximum Gasteiger partial charge on any atom is 0.308 e. The van der Waals surface area contributed by atoms with Gasteiger partial charge in [-0.1, -0.05) is 106 Å². The van der Waals surface area contributed by atoms with Crippen LogP contribution in [0.15, 0.2) is 84.9 Å². The molecule has 5 nitrogen and oxygen atoms in total. The van der Waals surface area contributed by atoms with Gasteiger partial charge in [-0.05, 0) is 71.0 Å². The topological polar surface area (TPSA) is 57.5 Å². The first-order chi connectivity index (χ1) is 21.8. The fraction of sp³-hybridized carbons (Fsp3) is 0.250. The number of fused-ring (bicyclic) bond motifs is 3. The van der Waals surface area contributed by atoms with Crippen molar-refractivity contribution in [3.8, 4) is 11.5 Å². The van der Waals surface area contributed by atoms with Crippen LogP contribution in [0.2, 0.25) is 0 Å². The molecule has 0 fully saturated rings. The molecular weight excluding hydrogens is 558 g/mol. The third-order valence-electron chi connectivity index (χ3n) is 8.12. The quantitative estimate of drug-likeness (QED) is 0.0813. The third kappa shape index (κ3) is 8.18. The van der Waals surface area contributed by atoms with Crippen molar-refractivity contribution in [1.29, 1.82) is 0 Å². The lowest BCUT2D eigenvalue weighted by molar-refractivity contribution is -0.132. The molecule has 0 aliphatic carbocycles. The van der Waals surface area contributed by atoms with Gasteiger partial charge in [0.1, 0.15) is 11.5 Å². The zero-order chi connectivity index (χ0) is 31.8. The SMILES string of the molecule is CCCCC(CC)Cn1c2cc(/C=C/c3ccc(OC(C)=O)cc3)ccc2c2ccc(/C=C/c3ccc(OC(C)=O)cc3)cc21. The second-order valence-electron chi connectivity index (χ2n) is 11.6. The fourth-order valence-corrected chi connectivity index (χ4v) is 5.72. The van der Waals surface area contributed by atoms with Gasteiger partial charge in [-0.3, -0.25) is 9.59 Å². The Kier molecular flexibility index (Phi) is 10.3. The van der Waals surface area contributed by atoms with Crippen LogP contribution >= 0.6 is 0 Å². The summed E-state index contributed by atoms with van der Waals surface area (Å²) in [5, 5.41) is 2.52. The Morgan fingerprint density at radius 3 is 1.47 bits per heavy atom. The standard InChI is InChI=1S/C40H41NO4/c1-5-7-8-30(6-2)27-41-39-25-33(11-9-31-13-19-35(20-14-31)44-28(3)42)17-23-37(39)38-24-18-34(26-40(38)41)12-10-32-15-21-36(22-16-32)45-29(4)43/h9-26,30H,5-8,27H2,1-4H3/b11-9+,12-10+. The summed E-state index contributed by atoms with van der Waals surface area (Å²) < 4.78 is 12.8. The molecule has 0 aliphatic rings. The Hall–Kier alpha value is -4.90. The Morgan fingerprint density at radius 1 is 0.644 bits per heavy atom. The number of benzene rings is 4. The largest absolute Gasteiger partial charge is 0.427 e. The lowest BCUT2D eigenvalue weighted by atomic mass is 9.99. The first-order valence-corrected chi connectivity index (χ1v) is 15.8. The van der Waals surface area contributed by atoms with E-state index in [1.165, 1.54) is 54.9 Å². The van der Waals surface area contributed by atoms with Crippen LogP contribution in [-0.4, -0.2) is 16.5 Å². The first kappa shape index (κ1) is 31.5. The van der Waals surface area contributed by atoms with Gasteiger partial charge in [0.25, 0.3) is 0 Å². The highest BCUT2D eigenvalue weighted by Crippen LogP contribution is 2.33. The molecule has 0 saturated heterocycles. The molecule has 4 aromatic carbocycles. The van der Waals surface area contributed by atoms with E-state index in [0.717, 1.165) is 35.2 Å². The molecule has 5 heteroatoms. The average molecular weight is 600 g/mol. The molecule has 1 aromatic heterocycles. The van der Waals surface area contributed by atoms with Crippen molar-refractivity contribution in [3.63, 3.8) is 0 Å². The molecule has 45 heavy (non-hydrogen) atoms. The molecule has 0 aliphatic heterocycles. The van der Waals surface area contributed by atoms with Crippen LogP contribution in [0.3, 0.4) is 0 Å². The van der Waals surface area contributed by atoms with Crippen molar-refractivity contribution in [3.05, 3.63) is 107 Å². The molecule has 1 atom stereocenters. The summed E-state index contributed by atoms with van der Waals surface area (Å²) in [6.07, 6.45) is 13.3. The Morgan fingerprint density at radius 2 is 1.07 bits per heavy atom. The Balaban J connectivity index is 1.48. The second-order valence-corrected chi connectivity index (χ2v) is 11.6. The molecule has 0 saturated carbocycles. The van der Waals surface area contributed by atoms with Crippen LogP contribution in [0, 0.1) is 5.92 Å². The summed E-state index contributed by atoms with van der Waals surface area (Å²) in [4.78, 5) is 22.5. The number of ether oxygens (including phenoxy) is 2. The highest BCUT2D eigenvalue weighted by molar-refractivity contribution is 6.09. The van der Waals surface area contributed by atoms with E-state index in [9.17, 15) is 9.59 Å². The van der Waals surface area contributed by atoms with Gasteiger partial charge in [-0.25, -0.2) is 0 Å². The summed E-state index contributed by atoms with van der Waals surface area (Å²) in [5.74, 6) is 1.06. The molecule has 5 rings (SSSR count). The van der Waals surface area contributed by atoms with E-state index in [1.54, 1.807) is 0 Å². The second kappa shape index (κ2) is 14.7. The number of hydrogen-bond donors (Lipinski definition) is 0. The number of nitrogens with zero attached hydrogens (tertiary/aromatic N) is 1. The van der Waals surface area contributed by atoms with E-state index >= 15 is 0 Å². The van der Waals surface area contributed by atoms with Crippen molar-refractivity contribution in [2.24, 2.45) is 5.92 Å². The van der Waals surface area contributed by atoms with Crippen molar-refractivity contribution in [2.75, 3.05) is 0 Å². The van der Waals surface area contributed by atoms with Gasteiger partial charge in [0.15, 0.2) is 0 Å². The van der Waals surface area contributed by atoms with E-state index in [-0.39, 0.29) is 11.9 Å². The number of hydrogen-bond acceptors (Lipinski definition) is 4. The lowest BCUT2D eigenvalue weighted by Gasteiger charge is -2.17. The van der Waals surface area contributed by atoms with E-state index < -0.39 is 0 Å². The molecule has 5 aromatic rings. The predicted molar refractivity (Wildman–Crippen MR) is 186 cm³/mol. The van der Waals surface area contributed by atoms with Crippen molar-refractivity contribution in [1.82, 2.24) is 4.57 Å². The van der Waals surface area contributed by atoms with Crippen LogP contribution in [0.25, 0.3) is 46.1 Å². The smallest absolute Gasteiger partial charge is 0.308 e. The lowest BCUT2D eigenvalue weighted by Crippen LogP contribution is -2.10. The summed E-state index contributed by atoms with van der Waals surface area (Å²) in [5.41, 5.74) is 6.83. The molecule has 0 bridgehead atoms. The van der Waals surface area contributed by atoms with E-state index in [4.69, 9.17) is 9.47 Å². The van der Waals surface area contributed by atoms with Gasteiger partial charge in [-0.2, -0.15) is 0 Å². The van der Waals surface area contributed by atoms with Crippen LogP contribution < -0.4 is 9.47 Å². The van der Waals surface area contributed by atoms with Crippen LogP contribution in [0.5, 0.6) is 11.5 Å². The van der Waals surface area contributed by atoms with Crippen LogP contribution in [0.4, 0.5) is 0 Å². The van der Waals surface area contributed by atoms with E-state index in [2.05, 4.69) is 79.1 Å². The molecule has 1 unspecified atom stereocenters. The predicted octanol–water partition coefficient (Wildman–Crippen LogP) is 10.2. The minimum Gasteiger partial charge on any atom is -0.427 e. The van der Waals surface area contributed by atoms with Gasteiger partial charge in [-0.15, -0.1) is 0 Å². The van der Waals surface area contributed by atoms with Crippen LogP contribution in [0.1, 0.15) is 75.6 Å². The number of esters is 2. The van der Waals surface area contributed by atoms with Gasteiger partial charge in [0.05, 0.1) is 0 Å². The number of rotatable bonds is 12. The third-order valence-corrected chi connectivity index (χ3v) is 8.12. The minimum atomic E-state index is -0.322. The van der Waals surface area contributed by atoms with Gasteiger partial charge in [0.2, 0.25) is 0 Å². The van der Waals surface area contributed by atoms with Gasteiger partial charge < -0.3 is 14.0 Å². The maximum absolute atomic E-state index is 11.2. The number of unbranched alkanes of at least 4 members (excludes halogenated alkanes) is 1. The van der Waals surface area contributed by atoms with E-state index in [1.807, 2.05) is 48.5 Å². The normalized spacial score (nSPS) is 12.4. The highest BCUT2D eigenvalue weighted by atomic mass is 16.5. The molecule has 0 N–H and O–H groups in total. The minimum absolute atomic E-state index is 0.322. The molecule has 0 amide bonds. The number of aromatic nitrogens is 1. The van der Waals surface area contributed by atoms with Crippen molar-refractivity contribution >= 4 is 58.0 Å². The Labute approximate surface area is 265 Å². The monoisotopic (exact) mass is 599 g/mol. The maximum atomic E-state index is 11.2. The van der Waals surface area contributed by atoms with Gasteiger partial charge >= 0.3 is 11.9 Å². The number of carbonyl (C=O) groups is 2. The average Bonchev–Trinajstić information content (AvgIpc) is 3.33. The molecule has 0 radical (unpaired) electrons. The zero-order valence-electron chi connectivity index (χ0n) is 26.6. The van der Waals surface area contributed by atoms with Crippen LogP contribution in [-0.2, 0) is 16.1 Å². The number of carbonyl (C=O) groups excluding carboxylic acids is 2. The fourth-order valence-electron chi connectivity index (χ4n) is 5.72. The summed E-state index contributed by atoms with van der Waals surface area (Å²) >= 11 is 0. The molecule has 1 heterocycles. The Bertz CT molecular complexity index is 1720. The van der Waals surface area contributed by atoms with Crippen molar-refractivity contribution < 1.29 is 19.1 Å². The molecular formula is C40H41NO4.